The Balaban J connectivity index is 1.33. The minimum absolute atomic E-state index is 0.0172. The molecule has 1 aliphatic rings. The average molecular weight is 367 g/mol. The van der Waals surface area contributed by atoms with Crippen molar-refractivity contribution in [2.24, 2.45) is 5.92 Å². The van der Waals surface area contributed by atoms with Crippen LogP contribution in [0, 0.1) is 5.92 Å². The molecule has 1 aliphatic heterocycles. The minimum atomic E-state index is -2.86. The Labute approximate surface area is 146 Å². The molecular weight excluding hydrogens is 344 g/mol. The van der Waals surface area contributed by atoms with Crippen molar-refractivity contribution in [2.45, 2.75) is 32.1 Å². The molecule has 0 saturated carbocycles. The first-order valence-electron chi connectivity index (χ1n) is 8.33. The van der Waals surface area contributed by atoms with Crippen molar-refractivity contribution >= 4 is 37.3 Å². The number of nitrogens with one attached hydrogen (secondary N) is 1. The number of hydrogen-bond donors (Lipinski definition) is 1. The van der Waals surface area contributed by atoms with Gasteiger partial charge in [0.15, 0.2) is 9.84 Å². The molecule has 2 heterocycles. The van der Waals surface area contributed by atoms with E-state index in [0.29, 0.717) is 19.4 Å². The van der Waals surface area contributed by atoms with Crippen LogP contribution in [0.5, 0.6) is 0 Å². The van der Waals surface area contributed by atoms with Crippen molar-refractivity contribution in [1.29, 1.82) is 0 Å². The van der Waals surface area contributed by atoms with Crippen LogP contribution in [0.2, 0.25) is 0 Å². The van der Waals surface area contributed by atoms with Gasteiger partial charge in [-0.25, -0.2) is 13.4 Å². The quantitative estimate of drug-likeness (QED) is 0.764. The van der Waals surface area contributed by atoms with Crippen LogP contribution in [0.15, 0.2) is 24.3 Å². The summed E-state index contributed by atoms with van der Waals surface area (Å²) in [4.78, 5) is 16.4. The van der Waals surface area contributed by atoms with E-state index in [1.54, 1.807) is 11.3 Å². The van der Waals surface area contributed by atoms with E-state index in [1.165, 1.54) is 4.70 Å². The summed E-state index contributed by atoms with van der Waals surface area (Å²) in [6, 6.07) is 8.11. The van der Waals surface area contributed by atoms with E-state index in [1.807, 2.05) is 18.2 Å². The number of carbonyl (C=O) groups excluding carboxylic acids is 1. The molecule has 1 saturated heterocycles. The summed E-state index contributed by atoms with van der Waals surface area (Å²) in [7, 11) is -2.86. The van der Waals surface area contributed by atoms with Crippen molar-refractivity contribution in [3.05, 3.63) is 29.3 Å². The number of nitrogens with zero attached hydrogens (tertiary/aromatic N) is 1. The third-order valence-corrected chi connectivity index (χ3v) is 7.23. The number of benzene rings is 1. The molecule has 2 aromatic rings. The normalized spacial score (nSPS) is 19.6. The number of amides is 1. The van der Waals surface area contributed by atoms with Crippen molar-refractivity contribution in [2.75, 3.05) is 18.1 Å². The fraction of sp³-hybridized carbons (Fsp3) is 0.529. The fourth-order valence-electron chi connectivity index (χ4n) is 2.97. The Morgan fingerprint density at radius 3 is 2.88 bits per heavy atom. The number of sulfone groups is 1. The number of aromatic nitrogens is 1. The number of carbonyl (C=O) groups is 1. The standard InChI is InChI=1S/C17H22N2O3S2/c20-16(18-11-13-9-10-24(21,22)12-13)7-3-4-8-17-19-14-5-1-2-6-15(14)23-17/h1-2,5-6,13H,3-4,7-12H2,(H,18,20). The summed E-state index contributed by atoms with van der Waals surface area (Å²) in [5.74, 6) is 0.575. The zero-order valence-electron chi connectivity index (χ0n) is 13.5. The van der Waals surface area contributed by atoms with Gasteiger partial charge in [-0.3, -0.25) is 4.79 Å². The Morgan fingerprint density at radius 2 is 2.12 bits per heavy atom. The lowest BCUT2D eigenvalue weighted by Gasteiger charge is -2.09. The van der Waals surface area contributed by atoms with Crippen LogP contribution in [0.3, 0.4) is 0 Å². The highest BCUT2D eigenvalue weighted by molar-refractivity contribution is 7.91. The van der Waals surface area contributed by atoms with Crippen molar-refractivity contribution in [1.82, 2.24) is 10.3 Å². The van der Waals surface area contributed by atoms with Crippen molar-refractivity contribution in [3.63, 3.8) is 0 Å². The molecule has 130 valence electrons. The summed E-state index contributed by atoms with van der Waals surface area (Å²) in [6.07, 6.45) is 3.81. The maximum absolute atomic E-state index is 11.8. The molecule has 3 rings (SSSR count). The predicted molar refractivity (Wildman–Crippen MR) is 96.9 cm³/mol. The molecule has 0 aliphatic carbocycles. The third kappa shape index (κ3) is 4.77. The molecule has 1 unspecified atom stereocenters. The molecule has 1 aromatic carbocycles. The highest BCUT2D eigenvalue weighted by Gasteiger charge is 2.27. The second-order valence-corrected chi connectivity index (χ2v) is 9.70. The van der Waals surface area contributed by atoms with Crippen LogP contribution in [0.4, 0.5) is 0 Å². The monoisotopic (exact) mass is 366 g/mol. The Morgan fingerprint density at radius 1 is 1.29 bits per heavy atom. The van der Waals surface area contributed by atoms with Gasteiger partial charge in [-0.15, -0.1) is 11.3 Å². The number of thiazole rings is 1. The Kier molecular flexibility index (Phi) is 5.50. The largest absolute Gasteiger partial charge is 0.356 e. The number of aryl methyl sites for hydroxylation is 1. The highest BCUT2D eigenvalue weighted by Crippen LogP contribution is 2.23. The predicted octanol–water partition coefficient (Wildman–Crippen LogP) is 2.56. The van der Waals surface area contributed by atoms with E-state index in [2.05, 4.69) is 16.4 Å². The minimum Gasteiger partial charge on any atom is -0.356 e. The molecule has 0 spiro atoms. The van der Waals surface area contributed by atoms with Gasteiger partial charge >= 0.3 is 0 Å². The molecule has 5 nitrogen and oxygen atoms in total. The van der Waals surface area contributed by atoms with E-state index < -0.39 is 9.84 Å². The number of fused-ring (bicyclic) bond motifs is 1. The second kappa shape index (κ2) is 7.61. The molecule has 7 heteroatoms. The summed E-state index contributed by atoms with van der Waals surface area (Å²) >= 11 is 1.71. The first-order valence-corrected chi connectivity index (χ1v) is 11.0. The van der Waals surface area contributed by atoms with E-state index in [4.69, 9.17) is 0 Å². The molecule has 1 amide bonds. The van der Waals surface area contributed by atoms with E-state index in [-0.39, 0.29) is 23.3 Å². The highest BCUT2D eigenvalue weighted by atomic mass is 32.2. The summed E-state index contributed by atoms with van der Waals surface area (Å²) in [6.45, 7) is 0.482. The summed E-state index contributed by atoms with van der Waals surface area (Å²) in [5.41, 5.74) is 1.04. The zero-order valence-corrected chi connectivity index (χ0v) is 15.2. The Bertz CT molecular complexity index is 781. The number of unbranched alkanes of at least 4 members (excludes halogenated alkanes) is 1. The molecule has 1 fully saturated rings. The lowest BCUT2D eigenvalue weighted by atomic mass is 10.1. The lowest BCUT2D eigenvalue weighted by molar-refractivity contribution is -0.121. The smallest absolute Gasteiger partial charge is 0.220 e. The maximum atomic E-state index is 11.8. The number of hydrogen-bond acceptors (Lipinski definition) is 5. The van der Waals surface area contributed by atoms with E-state index in [9.17, 15) is 13.2 Å². The van der Waals surface area contributed by atoms with Crippen LogP contribution >= 0.6 is 11.3 Å². The van der Waals surface area contributed by atoms with Crippen LogP contribution in [0.25, 0.3) is 10.2 Å². The second-order valence-electron chi connectivity index (χ2n) is 6.36. The van der Waals surface area contributed by atoms with Crippen LogP contribution in [-0.4, -0.2) is 37.4 Å². The topological polar surface area (TPSA) is 76.1 Å². The molecule has 24 heavy (non-hydrogen) atoms. The van der Waals surface area contributed by atoms with Gasteiger partial charge < -0.3 is 5.32 Å². The first-order chi connectivity index (χ1) is 11.5. The van der Waals surface area contributed by atoms with Crippen LogP contribution < -0.4 is 5.32 Å². The number of para-hydroxylation sites is 1. The van der Waals surface area contributed by atoms with Gasteiger partial charge in [0.1, 0.15) is 0 Å². The van der Waals surface area contributed by atoms with Gasteiger partial charge in [-0.1, -0.05) is 12.1 Å². The zero-order chi connectivity index (χ0) is 17.0. The average Bonchev–Trinajstić information content (AvgIpc) is 3.11. The molecule has 0 radical (unpaired) electrons. The van der Waals surface area contributed by atoms with Gasteiger partial charge in [0.05, 0.1) is 26.7 Å². The SMILES string of the molecule is O=C(CCCCc1nc2ccccc2s1)NCC1CCS(=O)(=O)C1. The summed E-state index contributed by atoms with van der Waals surface area (Å²) < 4.78 is 24.0. The van der Waals surface area contributed by atoms with Crippen LogP contribution in [-0.2, 0) is 21.1 Å². The van der Waals surface area contributed by atoms with E-state index in [0.717, 1.165) is 29.8 Å². The molecule has 0 bridgehead atoms. The van der Waals surface area contributed by atoms with Gasteiger partial charge in [-0.05, 0) is 43.7 Å². The maximum Gasteiger partial charge on any atom is 0.220 e. The van der Waals surface area contributed by atoms with Gasteiger partial charge in [0.2, 0.25) is 5.91 Å². The third-order valence-electron chi connectivity index (χ3n) is 4.30. The van der Waals surface area contributed by atoms with Crippen LogP contribution in [0.1, 0.15) is 30.7 Å². The molecule has 1 atom stereocenters. The Hall–Kier alpha value is -1.47. The summed E-state index contributed by atoms with van der Waals surface area (Å²) in [5, 5.41) is 3.98. The van der Waals surface area contributed by atoms with E-state index >= 15 is 0 Å². The van der Waals surface area contributed by atoms with Crippen molar-refractivity contribution in [3.8, 4) is 0 Å². The lowest BCUT2D eigenvalue weighted by Crippen LogP contribution is -2.29. The van der Waals surface area contributed by atoms with Crippen molar-refractivity contribution < 1.29 is 13.2 Å². The van der Waals surface area contributed by atoms with Gasteiger partial charge in [-0.2, -0.15) is 0 Å². The number of rotatable bonds is 7. The molecule has 1 N–H and O–H groups in total. The fourth-order valence-corrected chi connectivity index (χ4v) is 5.84. The van der Waals surface area contributed by atoms with Gasteiger partial charge in [0.25, 0.3) is 0 Å². The first kappa shape index (κ1) is 17.4. The molecular formula is C17H22N2O3S2. The molecule has 1 aromatic heterocycles. The van der Waals surface area contributed by atoms with Gasteiger partial charge in [0, 0.05) is 13.0 Å².